The van der Waals surface area contributed by atoms with E-state index in [-0.39, 0.29) is 11.6 Å². The summed E-state index contributed by atoms with van der Waals surface area (Å²) in [5, 5.41) is 6.40. The zero-order valence-corrected chi connectivity index (χ0v) is 14.1. The van der Waals surface area contributed by atoms with Crippen LogP contribution in [-0.4, -0.2) is 22.7 Å². The average molecular weight is 345 g/mol. The van der Waals surface area contributed by atoms with Gasteiger partial charge in [-0.2, -0.15) is 5.10 Å². The van der Waals surface area contributed by atoms with Crippen molar-refractivity contribution in [2.75, 3.05) is 11.9 Å². The molecule has 1 heterocycles. The van der Waals surface area contributed by atoms with E-state index < -0.39 is 5.82 Å². The van der Waals surface area contributed by atoms with Gasteiger partial charge in [0, 0.05) is 18.9 Å². The number of nitrogens with zero attached hydrogens (tertiary/aromatic N) is 3. The summed E-state index contributed by atoms with van der Waals surface area (Å²) in [5.74, 6) is -0.646. The SMILES string of the molecule is CN(C(=O)c1ccn(-c2ccccc2F)n1)c1ccc2ccccc2c1. The van der Waals surface area contributed by atoms with Crippen molar-refractivity contribution in [2.24, 2.45) is 0 Å². The zero-order valence-electron chi connectivity index (χ0n) is 14.1. The highest BCUT2D eigenvalue weighted by Crippen LogP contribution is 2.22. The van der Waals surface area contributed by atoms with Crippen LogP contribution in [0.1, 0.15) is 10.5 Å². The Morgan fingerprint density at radius 3 is 2.50 bits per heavy atom. The van der Waals surface area contributed by atoms with E-state index in [1.807, 2.05) is 42.5 Å². The van der Waals surface area contributed by atoms with Gasteiger partial charge in [-0.15, -0.1) is 0 Å². The van der Waals surface area contributed by atoms with Crippen LogP contribution in [0.3, 0.4) is 0 Å². The first-order valence-corrected chi connectivity index (χ1v) is 8.21. The lowest BCUT2D eigenvalue weighted by Gasteiger charge is -2.16. The van der Waals surface area contributed by atoms with Crippen LogP contribution >= 0.6 is 0 Å². The summed E-state index contributed by atoms with van der Waals surface area (Å²) in [4.78, 5) is 14.3. The van der Waals surface area contributed by atoms with Crippen molar-refractivity contribution in [1.29, 1.82) is 0 Å². The highest BCUT2D eigenvalue weighted by atomic mass is 19.1. The fraction of sp³-hybridized carbons (Fsp3) is 0.0476. The van der Waals surface area contributed by atoms with Crippen LogP contribution in [0.2, 0.25) is 0 Å². The quantitative estimate of drug-likeness (QED) is 0.550. The van der Waals surface area contributed by atoms with Crippen molar-refractivity contribution in [3.8, 4) is 5.69 Å². The molecule has 4 rings (SSSR count). The van der Waals surface area contributed by atoms with Gasteiger partial charge in [-0.3, -0.25) is 4.79 Å². The van der Waals surface area contributed by atoms with Gasteiger partial charge in [0.1, 0.15) is 11.5 Å². The topological polar surface area (TPSA) is 38.1 Å². The molecule has 5 heteroatoms. The highest BCUT2D eigenvalue weighted by Gasteiger charge is 2.17. The van der Waals surface area contributed by atoms with Crippen LogP contribution in [0.15, 0.2) is 79.0 Å². The van der Waals surface area contributed by atoms with Crippen LogP contribution in [0.5, 0.6) is 0 Å². The Labute approximate surface area is 150 Å². The van der Waals surface area contributed by atoms with E-state index >= 15 is 0 Å². The Morgan fingerprint density at radius 1 is 0.962 bits per heavy atom. The standard InChI is InChI=1S/C21H16FN3O/c1-24(17-11-10-15-6-2-3-7-16(15)14-17)21(26)19-12-13-25(23-19)20-9-5-4-8-18(20)22/h2-14H,1H3. The molecule has 1 amide bonds. The summed E-state index contributed by atoms with van der Waals surface area (Å²) < 4.78 is 15.3. The number of aromatic nitrogens is 2. The third kappa shape index (κ3) is 2.84. The molecule has 26 heavy (non-hydrogen) atoms. The lowest BCUT2D eigenvalue weighted by Crippen LogP contribution is -2.26. The lowest BCUT2D eigenvalue weighted by molar-refractivity contribution is 0.0988. The van der Waals surface area contributed by atoms with Gasteiger partial charge in [0.05, 0.1) is 0 Å². The Kier molecular flexibility index (Phi) is 3.97. The number of fused-ring (bicyclic) bond motifs is 1. The van der Waals surface area contributed by atoms with Gasteiger partial charge in [0.2, 0.25) is 0 Å². The van der Waals surface area contributed by atoms with Crippen LogP contribution in [0, 0.1) is 5.82 Å². The van der Waals surface area contributed by atoms with Gasteiger partial charge < -0.3 is 4.90 Å². The molecule has 1 aromatic heterocycles. The van der Waals surface area contributed by atoms with E-state index in [0.717, 1.165) is 16.5 Å². The Morgan fingerprint density at radius 2 is 1.69 bits per heavy atom. The molecule has 0 aliphatic carbocycles. The molecule has 4 nitrogen and oxygen atoms in total. The molecular formula is C21H16FN3O. The van der Waals surface area contributed by atoms with Crippen LogP contribution < -0.4 is 4.90 Å². The second-order valence-electron chi connectivity index (χ2n) is 5.99. The van der Waals surface area contributed by atoms with Gasteiger partial charge in [0.25, 0.3) is 5.91 Å². The summed E-state index contributed by atoms with van der Waals surface area (Å²) in [6.07, 6.45) is 1.58. The summed E-state index contributed by atoms with van der Waals surface area (Å²) >= 11 is 0. The maximum atomic E-state index is 13.9. The van der Waals surface area contributed by atoms with Crippen molar-refractivity contribution in [3.05, 3.63) is 90.5 Å². The van der Waals surface area contributed by atoms with Gasteiger partial charge in [-0.1, -0.05) is 42.5 Å². The normalized spacial score (nSPS) is 10.8. The number of carbonyl (C=O) groups is 1. The molecule has 0 bridgehead atoms. The smallest absolute Gasteiger partial charge is 0.278 e. The van der Waals surface area contributed by atoms with Crippen molar-refractivity contribution >= 4 is 22.4 Å². The maximum Gasteiger partial charge on any atom is 0.278 e. The lowest BCUT2D eigenvalue weighted by atomic mass is 10.1. The van der Waals surface area contributed by atoms with Gasteiger partial charge in [0.15, 0.2) is 5.69 Å². The largest absolute Gasteiger partial charge is 0.310 e. The number of hydrogen-bond acceptors (Lipinski definition) is 2. The van der Waals surface area contributed by atoms with E-state index in [9.17, 15) is 9.18 Å². The highest BCUT2D eigenvalue weighted by molar-refractivity contribution is 6.05. The molecule has 4 aromatic rings. The summed E-state index contributed by atoms with van der Waals surface area (Å²) in [6.45, 7) is 0. The zero-order chi connectivity index (χ0) is 18.1. The van der Waals surface area contributed by atoms with Gasteiger partial charge >= 0.3 is 0 Å². The molecule has 0 aliphatic rings. The molecule has 0 fully saturated rings. The average Bonchev–Trinajstić information content (AvgIpc) is 3.16. The molecule has 0 saturated carbocycles. The first kappa shape index (κ1) is 16.0. The van der Waals surface area contributed by atoms with Crippen molar-refractivity contribution in [2.45, 2.75) is 0 Å². The Balaban J connectivity index is 1.63. The van der Waals surface area contributed by atoms with Gasteiger partial charge in [-0.05, 0) is 41.1 Å². The third-order valence-electron chi connectivity index (χ3n) is 4.33. The van der Waals surface area contributed by atoms with Crippen LogP contribution in [-0.2, 0) is 0 Å². The molecule has 0 radical (unpaired) electrons. The number of benzene rings is 3. The Hall–Kier alpha value is -3.47. The van der Waals surface area contributed by atoms with E-state index in [1.54, 1.807) is 42.4 Å². The number of para-hydroxylation sites is 1. The molecule has 0 N–H and O–H groups in total. The van der Waals surface area contributed by atoms with Crippen molar-refractivity contribution in [3.63, 3.8) is 0 Å². The molecule has 0 atom stereocenters. The number of rotatable bonds is 3. The van der Waals surface area contributed by atoms with E-state index in [4.69, 9.17) is 0 Å². The van der Waals surface area contributed by atoms with E-state index in [1.165, 1.54) is 10.7 Å². The number of carbonyl (C=O) groups excluding carboxylic acids is 1. The molecule has 0 saturated heterocycles. The predicted octanol–water partition coefficient (Wildman–Crippen LogP) is 4.44. The van der Waals surface area contributed by atoms with Crippen molar-refractivity contribution in [1.82, 2.24) is 9.78 Å². The first-order chi connectivity index (χ1) is 12.6. The molecule has 0 spiro atoms. The van der Waals surface area contributed by atoms with Crippen LogP contribution in [0.25, 0.3) is 16.5 Å². The van der Waals surface area contributed by atoms with E-state index in [2.05, 4.69) is 5.10 Å². The number of anilines is 1. The van der Waals surface area contributed by atoms with Gasteiger partial charge in [-0.25, -0.2) is 9.07 Å². The maximum absolute atomic E-state index is 13.9. The van der Waals surface area contributed by atoms with E-state index in [0.29, 0.717) is 5.69 Å². The second kappa shape index (κ2) is 6.44. The van der Waals surface area contributed by atoms with Crippen LogP contribution in [0.4, 0.5) is 10.1 Å². The molecule has 0 aliphatic heterocycles. The summed E-state index contributed by atoms with van der Waals surface area (Å²) in [5.41, 5.74) is 1.33. The summed E-state index contributed by atoms with van der Waals surface area (Å²) in [6, 6.07) is 21.7. The fourth-order valence-corrected chi connectivity index (χ4v) is 2.88. The number of hydrogen-bond donors (Lipinski definition) is 0. The number of amides is 1. The number of halogens is 1. The minimum absolute atomic E-state index is 0.254. The minimum Gasteiger partial charge on any atom is -0.310 e. The predicted molar refractivity (Wildman–Crippen MR) is 100 cm³/mol. The third-order valence-corrected chi connectivity index (χ3v) is 4.33. The molecular weight excluding hydrogens is 329 g/mol. The molecule has 0 unspecified atom stereocenters. The second-order valence-corrected chi connectivity index (χ2v) is 5.99. The Bertz CT molecular complexity index is 1100. The monoisotopic (exact) mass is 345 g/mol. The molecule has 128 valence electrons. The first-order valence-electron chi connectivity index (χ1n) is 8.21. The fourth-order valence-electron chi connectivity index (χ4n) is 2.88. The summed E-state index contributed by atoms with van der Waals surface area (Å²) in [7, 11) is 1.70. The van der Waals surface area contributed by atoms with Crippen molar-refractivity contribution < 1.29 is 9.18 Å². The molecule has 3 aromatic carbocycles. The minimum atomic E-state index is -0.391.